The molecule has 0 spiro atoms. The number of hydrogen-bond acceptors (Lipinski definition) is 2. The molecule has 23 heavy (non-hydrogen) atoms. The summed E-state index contributed by atoms with van der Waals surface area (Å²) in [6, 6.07) is 7.08. The molecule has 1 aromatic carbocycles. The lowest BCUT2D eigenvalue weighted by atomic mass is 10.1. The van der Waals surface area contributed by atoms with Crippen molar-refractivity contribution in [1.82, 2.24) is 9.47 Å². The maximum atomic E-state index is 14.3. The molecule has 0 saturated carbocycles. The van der Waals surface area contributed by atoms with E-state index in [9.17, 15) is 9.18 Å². The van der Waals surface area contributed by atoms with Crippen molar-refractivity contribution in [1.29, 1.82) is 0 Å². The number of nitrogens with zero attached hydrogens (tertiary/aromatic N) is 2. The first kappa shape index (κ1) is 15.9. The van der Waals surface area contributed by atoms with Gasteiger partial charge in [0, 0.05) is 17.0 Å². The Morgan fingerprint density at radius 3 is 2.48 bits per heavy atom. The van der Waals surface area contributed by atoms with Crippen molar-refractivity contribution in [3.63, 3.8) is 0 Å². The van der Waals surface area contributed by atoms with Gasteiger partial charge >= 0.3 is 0 Å². The maximum absolute atomic E-state index is 14.3. The second kappa shape index (κ2) is 6.28. The minimum Gasteiger partial charge on any atom is -0.315 e. The first-order chi connectivity index (χ1) is 11.0. The van der Waals surface area contributed by atoms with Gasteiger partial charge in [-0.1, -0.05) is 6.07 Å². The number of carbonyl (C=O) groups is 1. The van der Waals surface area contributed by atoms with E-state index < -0.39 is 0 Å². The highest BCUT2D eigenvalue weighted by Gasteiger charge is 2.21. The van der Waals surface area contributed by atoms with Crippen molar-refractivity contribution in [2.75, 3.05) is 19.6 Å². The van der Waals surface area contributed by atoms with Crippen molar-refractivity contribution < 1.29 is 9.18 Å². The Bertz CT molecular complexity index is 742. The molecule has 0 radical (unpaired) electrons. The minimum absolute atomic E-state index is 0.124. The van der Waals surface area contributed by atoms with Crippen LogP contribution in [0.5, 0.6) is 0 Å². The smallest absolute Gasteiger partial charge is 0.178 e. The number of rotatable bonds is 4. The van der Waals surface area contributed by atoms with E-state index in [1.807, 2.05) is 37.5 Å². The van der Waals surface area contributed by atoms with E-state index in [0.717, 1.165) is 30.0 Å². The fourth-order valence-corrected chi connectivity index (χ4v) is 3.44. The molecule has 1 aliphatic rings. The van der Waals surface area contributed by atoms with E-state index in [-0.39, 0.29) is 11.6 Å². The molecule has 2 heterocycles. The number of Topliss-reactive ketones (excluding diaryl/α,β-unsaturated/α-hetero) is 1. The molecule has 2 aromatic rings. The Labute approximate surface area is 136 Å². The normalized spacial score (nSPS) is 15.3. The molecule has 0 amide bonds. The van der Waals surface area contributed by atoms with Crippen LogP contribution in [0.25, 0.3) is 5.69 Å². The van der Waals surface area contributed by atoms with E-state index in [1.54, 1.807) is 6.07 Å². The highest BCUT2D eigenvalue weighted by molar-refractivity contribution is 5.99. The summed E-state index contributed by atoms with van der Waals surface area (Å²) in [5.74, 6) is -0.135. The summed E-state index contributed by atoms with van der Waals surface area (Å²) >= 11 is 0. The largest absolute Gasteiger partial charge is 0.315 e. The summed E-state index contributed by atoms with van der Waals surface area (Å²) in [5, 5.41) is 0. The van der Waals surface area contributed by atoms with E-state index in [0.29, 0.717) is 17.8 Å². The van der Waals surface area contributed by atoms with Crippen LogP contribution in [-0.2, 0) is 0 Å². The highest BCUT2D eigenvalue weighted by Crippen LogP contribution is 2.24. The predicted molar refractivity (Wildman–Crippen MR) is 89.9 cm³/mol. The standard InChI is InChI=1S/C19H23FN2O/c1-13-6-7-18(17(20)10-13)22-14(2)11-16(15(22)3)19(23)12-21-8-4-5-9-21/h6-7,10-11H,4-5,8-9,12H2,1-3H3. The summed E-state index contributed by atoms with van der Waals surface area (Å²) in [6.45, 7) is 8.13. The first-order valence-corrected chi connectivity index (χ1v) is 8.18. The van der Waals surface area contributed by atoms with Crippen molar-refractivity contribution >= 4 is 5.78 Å². The molecular formula is C19H23FN2O. The van der Waals surface area contributed by atoms with Crippen molar-refractivity contribution in [3.05, 3.63) is 52.6 Å². The number of ketones is 1. The molecule has 4 heteroatoms. The second-order valence-electron chi connectivity index (χ2n) is 6.48. The van der Waals surface area contributed by atoms with Gasteiger partial charge in [-0.05, 0) is 70.5 Å². The third-order valence-electron chi connectivity index (χ3n) is 4.64. The Kier molecular flexibility index (Phi) is 4.35. The van der Waals surface area contributed by atoms with Crippen LogP contribution in [0.15, 0.2) is 24.3 Å². The molecule has 0 bridgehead atoms. The van der Waals surface area contributed by atoms with Crippen LogP contribution < -0.4 is 0 Å². The summed E-state index contributed by atoms with van der Waals surface area (Å²) in [5.41, 5.74) is 3.80. The molecule has 0 atom stereocenters. The van der Waals surface area contributed by atoms with Crippen LogP contribution in [0.1, 0.15) is 40.2 Å². The predicted octanol–water partition coefficient (Wildman–Crippen LogP) is 3.82. The van der Waals surface area contributed by atoms with Gasteiger partial charge in [-0.15, -0.1) is 0 Å². The minimum atomic E-state index is -0.259. The highest BCUT2D eigenvalue weighted by atomic mass is 19.1. The van der Waals surface area contributed by atoms with Crippen molar-refractivity contribution in [2.45, 2.75) is 33.6 Å². The number of aromatic nitrogens is 1. The van der Waals surface area contributed by atoms with Crippen LogP contribution in [0.3, 0.4) is 0 Å². The summed E-state index contributed by atoms with van der Waals surface area (Å²) in [4.78, 5) is 14.8. The average molecular weight is 314 g/mol. The maximum Gasteiger partial charge on any atom is 0.178 e. The van der Waals surface area contributed by atoms with Crippen LogP contribution in [0.4, 0.5) is 4.39 Å². The first-order valence-electron chi connectivity index (χ1n) is 8.18. The lowest BCUT2D eigenvalue weighted by Gasteiger charge is -2.14. The molecule has 0 aliphatic carbocycles. The fraction of sp³-hybridized carbons (Fsp3) is 0.421. The van der Waals surface area contributed by atoms with Gasteiger partial charge in [0.2, 0.25) is 0 Å². The van der Waals surface area contributed by atoms with Gasteiger partial charge in [0.1, 0.15) is 5.82 Å². The van der Waals surface area contributed by atoms with Crippen LogP contribution in [0.2, 0.25) is 0 Å². The SMILES string of the molecule is Cc1ccc(-n2c(C)cc(C(=O)CN3CCCC3)c2C)c(F)c1. The molecule has 1 aliphatic heterocycles. The number of aryl methyl sites for hydroxylation is 2. The number of halogens is 1. The molecule has 0 unspecified atom stereocenters. The molecule has 1 aromatic heterocycles. The van der Waals surface area contributed by atoms with Crippen LogP contribution >= 0.6 is 0 Å². The van der Waals surface area contributed by atoms with Gasteiger partial charge in [0.05, 0.1) is 12.2 Å². The van der Waals surface area contributed by atoms with Gasteiger partial charge in [-0.3, -0.25) is 9.69 Å². The van der Waals surface area contributed by atoms with E-state index in [4.69, 9.17) is 0 Å². The third kappa shape index (κ3) is 3.08. The molecular weight excluding hydrogens is 291 g/mol. The second-order valence-corrected chi connectivity index (χ2v) is 6.48. The van der Waals surface area contributed by atoms with Crippen LogP contribution in [0, 0.1) is 26.6 Å². The molecule has 1 saturated heterocycles. The monoisotopic (exact) mass is 314 g/mol. The zero-order chi connectivity index (χ0) is 16.6. The number of benzene rings is 1. The molecule has 122 valence electrons. The quantitative estimate of drug-likeness (QED) is 0.802. The fourth-order valence-electron chi connectivity index (χ4n) is 3.44. The molecule has 1 fully saturated rings. The molecule has 3 nitrogen and oxygen atoms in total. The van der Waals surface area contributed by atoms with Gasteiger partial charge in [0.25, 0.3) is 0 Å². The Morgan fingerprint density at radius 2 is 1.83 bits per heavy atom. The van der Waals surface area contributed by atoms with Gasteiger partial charge < -0.3 is 4.57 Å². The third-order valence-corrected chi connectivity index (χ3v) is 4.64. The van der Waals surface area contributed by atoms with E-state index >= 15 is 0 Å². The van der Waals surface area contributed by atoms with E-state index in [1.165, 1.54) is 18.9 Å². The zero-order valence-corrected chi connectivity index (χ0v) is 14.0. The van der Waals surface area contributed by atoms with Crippen LogP contribution in [-0.4, -0.2) is 34.9 Å². The number of likely N-dealkylation sites (tertiary alicyclic amines) is 1. The lowest BCUT2D eigenvalue weighted by Crippen LogP contribution is -2.27. The molecule has 3 rings (SSSR count). The summed E-state index contributed by atoms with van der Waals surface area (Å²) in [6.07, 6.45) is 2.34. The number of carbonyl (C=O) groups excluding carboxylic acids is 1. The van der Waals surface area contributed by atoms with E-state index in [2.05, 4.69) is 4.90 Å². The number of hydrogen-bond donors (Lipinski definition) is 0. The topological polar surface area (TPSA) is 25.2 Å². The average Bonchev–Trinajstić information content (AvgIpc) is 3.09. The lowest BCUT2D eigenvalue weighted by molar-refractivity contribution is 0.0944. The summed E-state index contributed by atoms with van der Waals surface area (Å²) in [7, 11) is 0. The zero-order valence-electron chi connectivity index (χ0n) is 14.0. The Morgan fingerprint density at radius 1 is 1.13 bits per heavy atom. The van der Waals surface area contributed by atoms with Crippen molar-refractivity contribution in [3.8, 4) is 5.69 Å². The van der Waals surface area contributed by atoms with Gasteiger partial charge in [-0.25, -0.2) is 4.39 Å². The Balaban J connectivity index is 1.94. The Hall–Kier alpha value is -1.94. The van der Waals surface area contributed by atoms with Gasteiger partial charge in [-0.2, -0.15) is 0 Å². The van der Waals surface area contributed by atoms with Crippen molar-refractivity contribution in [2.24, 2.45) is 0 Å². The summed E-state index contributed by atoms with van der Waals surface area (Å²) < 4.78 is 16.2. The molecule has 0 N–H and O–H groups in total. The van der Waals surface area contributed by atoms with Gasteiger partial charge in [0.15, 0.2) is 5.78 Å².